The number of carboxylic acids is 1. The van der Waals surface area contributed by atoms with E-state index in [9.17, 15) is 19.7 Å². The van der Waals surface area contributed by atoms with Gasteiger partial charge in [-0.3, -0.25) is 14.9 Å². The Morgan fingerprint density at radius 3 is 2.57 bits per heavy atom. The fourth-order valence-electron chi connectivity index (χ4n) is 1.72. The molecule has 126 valence electrons. The van der Waals surface area contributed by atoms with Crippen LogP contribution in [0.1, 0.15) is 24.2 Å². The second-order valence-corrected chi connectivity index (χ2v) is 6.50. The molecule has 0 aliphatic heterocycles. The Balaban J connectivity index is 3.01. The number of rotatable bonds is 8. The highest BCUT2D eigenvalue weighted by Crippen LogP contribution is 2.29. The van der Waals surface area contributed by atoms with Gasteiger partial charge in [-0.1, -0.05) is 13.8 Å². The Hall–Kier alpha value is -2.13. The Morgan fingerprint density at radius 2 is 2.09 bits per heavy atom. The molecule has 1 unspecified atom stereocenters. The minimum absolute atomic E-state index is 0.137. The molecule has 0 saturated carbocycles. The summed E-state index contributed by atoms with van der Waals surface area (Å²) in [7, 11) is 1.22. The average molecular weight is 342 g/mol. The van der Waals surface area contributed by atoms with E-state index in [4.69, 9.17) is 9.84 Å². The van der Waals surface area contributed by atoms with Crippen molar-refractivity contribution in [2.24, 2.45) is 0 Å². The van der Waals surface area contributed by atoms with Gasteiger partial charge in [-0.2, -0.15) is 0 Å². The lowest BCUT2D eigenvalue weighted by molar-refractivity contribution is -0.384. The molecule has 0 saturated heterocycles. The number of carboxylic acid groups (broad SMARTS) is 1. The first-order valence-electron chi connectivity index (χ1n) is 6.75. The summed E-state index contributed by atoms with van der Waals surface area (Å²) in [4.78, 5) is 34.0. The maximum Gasteiger partial charge on any atom is 0.334 e. The lowest BCUT2D eigenvalue weighted by Gasteiger charge is -2.14. The predicted molar refractivity (Wildman–Crippen MR) is 84.9 cm³/mol. The highest BCUT2D eigenvalue weighted by atomic mass is 32.2. The molecule has 1 atom stereocenters. The van der Waals surface area contributed by atoms with Crippen molar-refractivity contribution < 1.29 is 24.4 Å². The van der Waals surface area contributed by atoms with Gasteiger partial charge in [-0.05, 0) is 6.07 Å². The summed E-state index contributed by atoms with van der Waals surface area (Å²) in [5, 5.41) is 22.4. The molecule has 1 aromatic rings. The third kappa shape index (κ3) is 5.53. The van der Waals surface area contributed by atoms with E-state index in [1.54, 1.807) is 0 Å². The number of ether oxygens (including phenoxy) is 1. The number of carbonyl (C=O) groups excluding carboxylic acids is 1. The number of hydrogen-bond donors (Lipinski definition) is 2. The standard InChI is InChI=1S/C14H18N2O6S/c1-8(2)23-12-5-4-9(16(20)21)6-10(12)13(17)15-7-11(22-3)14(18)19/h4-6,8,11H,7H2,1-3H3,(H,15,17)(H,18,19). The molecule has 2 N–H and O–H groups in total. The molecule has 0 spiro atoms. The van der Waals surface area contributed by atoms with E-state index in [2.05, 4.69) is 5.32 Å². The van der Waals surface area contributed by atoms with Crippen LogP contribution in [0.25, 0.3) is 0 Å². The van der Waals surface area contributed by atoms with E-state index in [-0.39, 0.29) is 23.0 Å². The quantitative estimate of drug-likeness (QED) is 0.421. The summed E-state index contributed by atoms with van der Waals surface area (Å²) in [5.41, 5.74) is -0.0667. The lowest BCUT2D eigenvalue weighted by Crippen LogP contribution is -2.38. The van der Waals surface area contributed by atoms with E-state index in [0.717, 1.165) is 0 Å². The van der Waals surface area contributed by atoms with Gasteiger partial charge in [0.05, 0.1) is 17.0 Å². The number of nitrogens with zero attached hydrogens (tertiary/aromatic N) is 1. The number of hydrogen-bond acceptors (Lipinski definition) is 6. The minimum Gasteiger partial charge on any atom is -0.479 e. The number of nitro groups is 1. The molecule has 0 aliphatic carbocycles. The minimum atomic E-state index is -1.20. The number of carbonyl (C=O) groups is 2. The molecular formula is C14H18N2O6S. The van der Waals surface area contributed by atoms with Gasteiger partial charge in [0.25, 0.3) is 11.6 Å². The molecule has 0 radical (unpaired) electrons. The van der Waals surface area contributed by atoms with Crippen LogP contribution >= 0.6 is 11.8 Å². The Labute approximate surface area is 137 Å². The van der Waals surface area contributed by atoms with Crippen LogP contribution in [0.3, 0.4) is 0 Å². The summed E-state index contributed by atoms with van der Waals surface area (Å²) in [6.45, 7) is 3.62. The second-order valence-electron chi connectivity index (χ2n) is 4.88. The maximum absolute atomic E-state index is 12.3. The van der Waals surface area contributed by atoms with Crippen LogP contribution in [0.4, 0.5) is 5.69 Å². The molecule has 1 amide bonds. The zero-order chi connectivity index (χ0) is 17.6. The molecule has 0 fully saturated rings. The molecule has 9 heteroatoms. The normalized spacial score (nSPS) is 12.0. The molecule has 0 aliphatic rings. The van der Waals surface area contributed by atoms with Crippen LogP contribution in [0.15, 0.2) is 23.1 Å². The molecule has 1 aromatic carbocycles. The molecule has 0 aromatic heterocycles. The van der Waals surface area contributed by atoms with Crippen molar-refractivity contribution in [2.75, 3.05) is 13.7 Å². The Kier molecular flexibility index (Phi) is 6.98. The monoisotopic (exact) mass is 342 g/mol. The van der Waals surface area contributed by atoms with Crippen molar-refractivity contribution in [1.29, 1.82) is 0 Å². The SMILES string of the molecule is COC(CNC(=O)c1cc([N+](=O)[O-])ccc1SC(C)C)C(=O)O. The van der Waals surface area contributed by atoms with Crippen molar-refractivity contribution in [1.82, 2.24) is 5.32 Å². The number of benzene rings is 1. The summed E-state index contributed by atoms with van der Waals surface area (Å²) in [6.07, 6.45) is -1.18. The summed E-state index contributed by atoms with van der Waals surface area (Å²) < 4.78 is 4.73. The van der Waals surface area contributed by atoms with Gasteiger partial charge in [0.1, 0.15) is 0 Å². The first-order chi connectivity index (χ1) is 10.8. The van der Waals surface area contributed by atoms with Crippen LogP contribution in [0.2, 0.25) is 0 Å². The number of nitrogens with one attached hydrogen (secondary N) is 1. The number of non-ortho nitro benzene ring substituents is 1. The van der Waals surface area contributed by atoms with Crippen molar-refractivity contribution >= 4 is 29.3 Å². The van der Waals surface area contributed by atoms with Crippen LogP contribution < -0.4 is 5.32 Å². The van der Waals surface area contributed by atoms with Gasteiger partial charge < -0.3 is 15.2 Å². The second kappa shape index (κ2) is 8.49. The number of amides is 1. The first kappa shape index (κ1) is 18.9. The summed E-state index contributed by atoms with van der Waals surface area (Å²) in [6, 6.07) is 4.03. The van der Waals surface area contributed by atoms with Crippen molar-refractivity contribution in [3.63, 3.8) is 0 Å². The number of nitro benzene ring substituents is 1. The Bertz CT molecular complexity index is 605. The third-order valence-corrected chi connectivity index (χ3v) is 3.87. The van der Waals surface area contributed by atoms with E-state index >= 15 is 0 Å². The van der Waals surface area contributed by atoms with Gasteiger partial charge in [0, 0.05) is 29.4 Å². The van der Waals surface area contributed by atoms with E-state index in [1.165, 1.54) is 37.1 Å². The fourth-order valence-corrected chi connectivity index (χ4v) is 2.65. The average Bonchev–Trinajstić information content (AvgIpc) is 2.46. The molecule has 0 heterocycles. The van der Waals surface area contributed by atoms with Gasteiger partial charge in [0.2, 0.25) is 0 Å². The van der Waals surface area contributed by atoms with Crippen molar-refractivity contribution in [2.45, 2.75) is 30.1 Å². The zero-order valence-electron chi connectivity index (χ0n) is 12.9. The highest BCUT2D eigenvalue weighted by Gasteiger charge is 2.21. The molecular weight excluding hydrogens is 324 g/mol. The topological polar surface area (TPSA) is 119 Å². The third-order valence-electron chi connectivity index (χ3n) is 2.79. The lowest BCUT2D eigenvalue weighted by atomic mass is 10.2. The van der Waals surface area contributed by atoms with Crippen LogP contribution in [0.5, 0.6) is 0 Å². The number of thioether (sulfide) groups is 1. The summed E-state index contributed by atoms with van der Waals surface area (Å²) in [5.74, 6) is -1.79. The molecule has 0 bridgehead atoms. The van der Waals surface area contributed by atoms with Gasteiger partial charge in [-0.15, -0.1) is 11.8 Å². The van der Waals surface area contributed by atoms with Gasteiger partial charge >= 0.3 is 5.97 Å². The largest absolute Gasteiger partial charge is 0.479 e. The van der Waals surface area contributed by atoms with Crippen LogP contribution in [-0.4, -0.2) is 46.9 Å². The predicted octanol–water partition coefficient (Wildman–Crippen LogP) is 1.92. The molecule has 23 heavy (non-hydrogen) atoms. The Morgan fingerprint density at radius 1 is 1.43 bits per heavy atom. The zero-order valence-corrected chi connectivity index (χ0v) is 13.8. The summed E-state index contributed by atoms with van der Waals surface area (Å²) >= 11 is 1.39. The van der Waals surface area contributed by atoms with Crippen molar-refractivity contribution in [3.8, 4) is 0 Å². The van der Waals surface area contributed by atoms with E-state index in [0.29, 0.717) is 4.90 Å². The van der Waals surface area contributed by atoms with Gasteiger partial charge in [-0.25, -0.2) is 4.79 Å². The number of aliphatic carboxylic acids is 1. The fraction of sp³-hybridized carbons (Fsp3) is 0.429. The van der Waals surface area contributed by atoms with Crippen molar-refractivity contribution in [3.05, 3.63) is 33.9 Å². The smallest absolute Gasteiger partial charge is 0.334 e. The number of methoxy groups -OCH3 is 1. The van der Waals surface area contributed by atoms with Crippen LogP contribution in [-0.2, 0) is 9.53 Å². The van der Waals surface area contributed by atoms with Gasteiger partial charge in [0.15, 0.2) is 6.10 Å². The first-order valence-corrected chi connectivity index (χ1v) is 7.63. The molecule has 1 rings (SSSR count). The maximum atomic E-state index is 12.3. The van der Waals surface area contributed by atoms with E-state index < -0.39 is 22.9 Å². The highest BCUT2D eigenvalue weighted by molar-refractivity contribution is 8.00. The van der Waals surface area contributed by atoms with E-state index in [1.807, 2.05) is 13.8 Å². The molecule has 8 nitrogen and oxygen atoms in total. The van der Waals surface area contributed by atoms with Crippen LogP contribution in [0, 0.1) is 10.1 Å².